The second kappa shape index (κ2) is 4.59. The van der Waals surface area contributed by atoms with Crippen molar-refractivity contribution in [1.82, 2.24) is 10.3 Å². The minimum absolute atomic E-state index is 0.327. The molecular formula is C11H18N4. The summed E-state index contributed by atoms with van der Waals surface area (Å²) in [5.74, 6) is 1.04. The molecule has 1 aromatic heterocycles. The lowest BCUT2D eigenvalue weighted by molar-refractivity contribution is 0.514. The average molecular weight is 206 g/mol. The molecule has 1 aliphatic heterocycles. The summed E-state index contributed by atoms with van der Waals surface area (Å²) in [4.78, 5) is 6.61. The first-order valence-corrected chi connectivity index (χ1v) is 5.45. The monoisotopic (exact) mass is 206 g/mol. The van der Waals surface area contributed by atoms with Crippen LogP contribution in [0.2, 0.25) is 0 Å². The van der Waals surface area contributed by atoms with E-state index in [1.54, 1.807) is 0 Å². The van der Waals surface area contributed by atoms with Gasteiger partial charge in [-0.05, 0) is 18.2 Å². The molecule has 4 heteroatoms. The highest BCUT2D eigenvalue weighted by Crippen LogP contribution is 2.17. The normalized spacial score (nSPS) is 16.5. The van der Waals surface area contributed by atoms with Crippen LogP contribution in [-0.4, -0.2) is 30.7 Å². The van der Waals surface area contributed by atoms with E-state index < -0.39 is 0 Å². The molecule has 0 amide bonds. The van der Waals surface area contributed by atoms with Gasteiger partial charge in [0.25, 0.3) is 0 Å². The van der Waals surface area contributed by atoms with E-state index in [1.165, 1.54) is 5.56 Å². The van der Waals surface area contributed by atoms with Crippen LogP contribution in [-0.2, 0) is 6.54 Å². The molecule has 2 heterocycles. The third-order valence-corrected chi connectivity index (χ3v) is 2.62. The van der Waals surface area contributed by atoms with E-state index in [4.69, 9.17) is 5.73 Å². The molecule has 2 rings (SSSR count). The maximum absolute atomic E-state index is 5.72. The molecule has 82 valence electrons. The molecule has 0 bridgehead atoms. The highest BCUT2D eigenvalue weighted by atomic mass is 15.3. The van der Waals surface area contributed by atoms with E-state index in [9.17, 15) is 0 Å². The van der Waals surface area contributed by atoms with Gasteiger partial charge < -0.3 is 16.0 Å². The van der Waals surface area contributed by atoms with Crippen LogP contribution in [0.5, 0.6) is 0 Å². The molecule has 0 spiro atoms. The maximum Gasteiger partial charge on any atom is 0.128 e. The number of nitrogens with two attached hydrogens (primary N) is 1. The Morgan fingerprint density at radius 3 is 2.87 bits per heavy atom. The van der Waals surface area contributed by atoms with Crippen molar-refractivity contribution in [3.8, 4) is 0 Å². The van der Waals surface area contributed by atoms with Crippen LogP contribution < -0.4 is 16.0 Å². The van der Waals surface area contributed by atoms with E-state index in [-0.39, 0.29) is 0 Å². The highest BCUT2D eigenvalue weighted by Gasteiger charge is 2.23. The van der Waals surface area contributed by atoms with Gasteiger partial charge in [-0.2, -0.15) is 0 Å². The van der Waals surface area contributed by atoms with Crippen molar-refractivity contribution in [3.05, 3.63) is 23.9 Å². The Labute approximate surface area is 90.5 Å². The zero-order chi connectivity index (χ0) is 10.7. The summed E-state index contributed by atoms with van der Waals surface area (Å²) in [6, 6.07) is 4.51. The Hall–Kier alpha value is -1.13. The van der Waals surface area contributed by atoms with E-state index in [1.807, 2.05) is 6.20 Å². The van der Waals surface area contributed by atoms with Gasteiger partial charge in [-0.25, -0.2) is 4.98 Å². The fourth-order valence-corrected chi connectivity index (χ4v) is 1.68. The molecule has 0 saturated carbocycles. The summed E-state index contributed by atoms with van der Waals surface area (Å²) in [6.45, 7) is 5.84. The topological polar surface area (TPSA) is 54.2 Å². The van der Waals surface area contributed by atoms with Gasteiger partial charge in [0.1, 0.15) is 5.82 Å². The number of pyridine rings is 1. The van der Waals surface area contributed by atoms with Crippen molar-refractivity contribution >= 4 is 5.82 Å². The molecule has 4 nitrogen and oxygen atoms in total. The van der Waals surface area contributed by atoms with Crippen molar-refractivity contribution < 1.29 is 0 Å². The van der Waals surface area contributed by atoms with Gasteiger partial charge in [-0.3, -0.25) is 0 Å². The van der Waals surface area contributed by atoms with Crippen molar-refractivity contribution in [2.24, 2.45) is 5.73 Å². The molecule has 3 N–H and O–H groups in total. The minimum atomic E-state index is 0.327. The molecule has 0 unspecified atom stereocenters. The number of anilines is 1. The maximum atomic E-state index is 5.72. The van der Waals surface area contributed by atoms with Gasteiger partial charge in [0, 0.05) is 31.9 Å². The second-order valence-corrected chi connectivity index (χ2v) is 3.97. The Morgan fingerprint density at radius 1 is 1.53 bits per heavy atom. The average Bonchev–Trinajstić information content (AvgIpc) is 2.23. The summed E-state index contributed by atoms with van der Waals surface area (Å²) in [6.07, 6.45) is 1.93. The smallest absolute Gasteiger partial charge is 0.128 e. The number of nitrogens with one attached hydrogen (secondary N) is 1. The molecule has 1 aromatic rings. The minimum Gasteiger partial charge on any atom is -0.353 e. The van der Waals surface area contributed by atoms with Gasteiger partial charge in [0.15, 0.2) is 0 Å². The Morgan fingerprint density at radius 2 is 2.33 bits per heavy atom. The standard InChI is InChI=1S/C11H18N4/c1-2-13-5-9-3-4-11(14-6-9)15-7-10(12)8-15/h3-4,6,10,13H,2,5,7-8,12H2,1H3. The molecule has 1 fully saturated rings. The first-order chi connectivity index (χ1) is 7.29. The van der Waals surface area contributed by atoms with Crippen molar-refractivity contribution in [3.63, 3.8) is 0 Å². The Kier molecular flexibility index (Phi) is 3.18. The van der Waals surface area contributed by atoms with Gasteiger partial charge in [0.2, 0.25) is 0 Å². The lowest BCUT2D eigenvalue weighted by Crippen LogP contribution is -2.56. The first-order valence-electron chi connectivity index (χ1n) is 5.45. The zero-order valence-corrected chi connectivity index (χ0v) is 9.11. The van der Waals surface area contributed by atoms with Crippen LogP contribution in [0.4, 0.5) is 5.82 Å². The predicted octanol–water partition coefficient (Wildman–Crippen LogP) is 0.338. The molecule has 0 aromatic carbocycles. The lowest BCUT2D eigenvalue weighted by Gasteiger charge is -2.37. The molecule has 0 aliphatic carbocycles. The largest absolute Gasteiger partial charge is 0.353 e. The zero-order valence-electron chi connectivity index (χ0n) is 9.11. The van der Waals surface area contributed by atoms with E-state index in [2.05, 4.69) is 34.3 Å². The SMILES string of the molecule is CCNCc1ccc(N2CC(N)C2)nc1. The van der Waals surface area contributed by atoms with Crippen LogP contribution in [0, 0.1) is 0 Å². The summed E-state index contributed by atoms with van der Waals surface area (Å²) < 4.78 is 0. The van der Waals surface area contributed by atoms with E-state index in [0.29, 0.717) is 6.04 Å². The van der Waals surface area contributed by atoms with Crippen LogP contribution >= 0.6 is 0 Å². The number of hydrogen-bond acceptors (Lipinski definition) is 4. The fourth-order valence-electron chi connectivity index (χ4n) is 1.68. The fraction of sp³-hybridized carbons (Fsp3) is 0.545. The van der Waals surface area contributed by atoms with Crippen molar-refractivity contribution in [2.45, 2.75) is 19.5 Å². The molecule has 1 saturated heterocycles. The van der Waals surface area contributed by atoms with Gasteiger partial charge in [-0.15, -0.1) is 0 Å². The summed E-state index contributed by atoms with van der Waals surface area (Å²) in [5, 5.41) is 3.27. The second-order valence-electron chi connectivity index (χ2n) is 3.97. The van der Waals surface area contributed by atoms with Gasteiger partial charge in [-0.1, -0.05) is 13.0 Å². The highest BCUT2D eigenvalue weighted by molar-refractivity contribution is 5.42. The predicted molar refractivity (Wildman–Crippen MR) is 61.8 cm³/mol. The number of aromatic nitrogens is 1. The number of rotatable bonds is 4. The van der Waals surface area contributed by atoms with Crippen molar-refractivity contribution in [1.29, 1.82) is 0 Å². The molecular weight excluding hydrogens is 188 g/mol. The molecule has 15 heavy (non-hydrogen) atoms. The van der Waals surface area contributed by atoms with Crippen LogP contribution in [0.25, 0.3) is 0 Å². The Bertz CT molecular complexity index is 303. The van der Waals surface area contributed by atoms with Crippen LogP contribution in [0.1, 0.15) is 12.5 Å². The molecule has 0 radical (unpaired) electrons. The number of hydrogen-bond donors (Lipinski definition) is 2. The first kappa shape index (κ1) is 10.4. The quantitative estimate of drug-likeness (QED) is 0.746. The van der Waals surface area contributed by atoms with E-state index in [0.717, 1.165) is 32.0 Å². The molecule has 0 atom stereocenters. The van der Waals surface area contributed by atoms with E-state index >= 15 is 0 Å². The lowest BCUT2D eigenvalue weighted by atomic mass is 10.1. The summed E-state index contributed by atoms with van der Waals surface area (Å²) in [7, 11) is 0. The van der Waals surface area contributed by atoms with Gasteiger partial charge in [0.05, 0.1) is 0 Å². The van der Waals surface area contributed by atoms with Crippen LogP contribution in [0.3, 0.4) is 0 Å². The molecule has 1 aliphatic rings. The Balaban J connectivity index is 1.92. The number of nitrogens with zero attached hydrogens (tertiary/aromatic N) is 2. The summed E-state index contributed by atoms with van der Waals surface area (Å²) in [5.41, 5.74) is 6.95. The van der Waals surface area contributed by atoms with Gasteiger partial charge >= 0.3 is 0 Å². The summed E-state index contributed by atoms with van der Waals surface area (Å²) >= 11 is 0. The third kappa shape index (κ3) is 2.46. The van der Waals surface area contributed by atoms with Crippen LogP contribution in [0.15, 0.2) is 18.3 Å². The van der Waals surface area contributed by atoms with Crippen molar-refractivity contribution in [2.75, 3.05) is 24.5 Å². The third-order valence-electron chi connectivity index (χ3n) is 2.62.